The maximum Gasteiger partial charge on any atom is 0.256 e. The van der Waals surface area contributed by atoms with Gasteiger partial charge < -0.3 is 15.0 Å². The van der Waals surface area contributed by atoms with Crippen LogP contribution in [0.25, 0.3) is 6.08 Å². The van der Waals surface area contributed by atoms with Crippen LogP contribution in [0.5, 0.6) is 11.5 Å². The Balaban J connectivity index is 1.27. The van der Waals surface area contributed by atoms with E-state index in [2.05, 4.69) is 10.3 Å². The first-order valence-corrected chi connectivity index (χ1v) is 10.9. The molecule has 4 rings (SSSR count). The van der Waals surface area contributed by atoms with Crippen LogP contribution in [0.15, 0.2) is 73.1 Å². The zero-order chi connectivity index (χ0) is 23.9. The normalized spacial score (nSPS) is 14.2. The lowest BCUT2D eigenvalue weighted by molar-refractivity contribution is -0.117. The van der Waals surface area contributed by atoms with E-state index in [0.29, 0.717) is 37.2 Å². The Hall–Kier alpha value is -4.07. The minimum Gasteiger partial charge on any atom is -0.453 e. The summed E-state index contributed by atoms with van der Waals surface area (Å²) >= 11 is 0. The van der Waals surface area contributed by atoms with E-state index in [9.17, 15) is 18.4 Å². The number of carbonyl (C=O) groups is 2. The van der Waals surface area contributed by atoms with Gasteiger partial charge in [0.15, 0.2) is 11.6 Å². The van der Waals surface area contributed by atoms with E-state index in [0.717, 1.165) is 0 Å². The molecule has 0 radical (unpaired) electrons. The second-order valence-corrected chi connectivity index (χ2v) is 7.87. The second kappa shape index (κ2) is 10.7. The van der Waals surface area contributed by atoms with E-state index >= 15 is 0 Å². The van der Waals surface area contributed by atoms with E-state index in [1.807, 2.05) is 0 Å². The molecule has 0 spiro atoms. The number of benzene rings is 2. The van der Waals surface area contributed by atoms with Crippen molar-refractivity contribution in [3.05, 3.63) is 95.8 Å². The third kappa shape index (κ3) is 5.83. The van der Waals surface area contributed by atoms with E-state index in [4.69, 9.17) is 4.74 Å². The first-order valence-electron chi connectivity index (χ1n) is 10.9. The molecular formula is C26H23F2N3O3. The number of nitrogens with one attached hydrogen (secondary N) is 1. The molecule has 2 aromatic carbocycles. The van der Waals surface area contributed by atoms with E-state index in [1.54, 1.807) is 41.4 Å². The first kappa shape index (κ1) is 23.1. The smallest absolute Gasteiger partial charge is 0.256 e. The Bertz CT molecular complexity index is 1190. The molecule has 8 heteroatoms. The number of ether oxygens (including phenoxy) is 1. The molecule has 0 aliphatic carbocycles. The molecule has 0 saturated carbocycles. The molecule has 1 fully saturated rings. The molecule has 0 bridgehead atoms. The van der Waals surface area contributed by atoms with Gasteiger partial charge in [-0.25, -0.2) is 8.78 Å². The summed E-state index contributed by atoms with van der Waals surface area (Å²) in [4.78, 5) is 30.3. The lowest BCUT2D eigenvalue weighted by atomic mass is 10.0. The summed E-state index contributed by atoms with van der Waals surface area (Å²) in [7, 11) is 0. The van der Waals surface area contributed by atoms with E-state index in [1.165, 1.54) is 42.6 Å². The molecule has 1 aliphatic heterocycles. The van der Waals surface area contributed by atoms with Crippen LogP contribution in [0, 0.1) is 11.6 Å². The van der Waals surface area contributed by atoms with Crippen LogP contribution in [-0.4, -0.2) is 40.8 Å². The van der Waals surface area contributed by atoms with Crippen molar-refractivity contribution in [2.45, 2.75) is 18.9 Å². The number of aromatic nitrogens is 1. The molecule has 174 valence electrons. The molecule has 1 aliphatic rings. The summed E-state index contributed by atoms with van der Waals surface area (Å²) in [5.41, 5.74) is 0.563. The number of hydrogen-bond donors (Lipinski definition) is 1. The first-order chi connectivity index (χ1) is 16.5. The Morgan fingerprint density at radius 1 is 1.03 bits per heavy atom. The number of halogens is 2. The Kier molecular flexibility index (Phi) is 7.27. The predicted molar refractivity (Wildman–Crippen MR) is 123 cm³/mol. The fourth-order valence-corrected chi connectivity index (χ4v) is 3.69. The molecule has 3 aromatic rings. The van der Waals surface area contributed by atoms with Gasteiger partial charge >= 0.3 is 0 Å². The summed E-state index contributed by atoms with van der Waals surface area (Å²) in [5, 5.41) is 2.90. The molecule has 2 heterocycles. The lowest BCUT2D eigenvalue weighted by Crippen LogP contribution is -2.46. The van der Waals surface area contributed by atoms with Crippen molar-refractivity contribution in [2.75, 3.05) is 13.1 Å². The number of nitrogens with zero attached hydrogens (tertiary/aromatic N) is 2. The third-order valence-electron chi connectivity index (χ3n) is 5.48. The molecular weight excluding hydrogens is 440 g/mol. The Morgan fingerprint density at radius 2 is 1.82 bits per heavy atom. The minimum absolute atomic E-state index is 0.0528. The van der Waals surface area contributed by atoms with Crippen LogP contribution in [0.4, 0.5) is 8.78 Å². The van der Waals surface area contributed by atoms with Gasteiger partial charge in [-0.05, 0) is 60.9 Å². The summed E-state index contributed by atoms with van der Waals surface area (Å²) in [6, 6.07) is 13.6. The van der Waals surface area contributed by atoms with Crippen molar-refractivity contribution in [3.8, 4) is 11.5 Å². The van der Waals surface area contributed by atoms with Gasteiger partial charge in [0.1, 0.15) is 11.6 Å². The summed E-state index contributed by atoms with van der Waals surface area (Å²) in [6.07, 6.45) is 7.06. The van der Waals surface area contributed by atoms with Crippen molar-refractivity contribution in [3.63, 3.8) is 0 Å². The monoisotopic (exact) mass is 463 g/mol. The molecule has 34 heavy (non-hydrogen) atoms. The molecule has 2 amide bonds. The molecule has 1 N–H and O–H groups in total. The lowest BCUT2D eigenvalue weighted by Gasteiger charge is -2.32. The van der Waals surface area contributed by atoms with Gasteiger partial charge in [0.05, 0.1) is 11.8 Å². The third-order valence-corrected chi connectivity index (χ3v) is 5.48. The van der Waals surface area contributed by atoms with Gasteiger partial charge in [-0.15, -0.1) is 0 Å². The topological polar surface area (TPSA) is 71.5 Å². The maximum absolute atomic E-state index is 14.3. The van der Waals surface area contributed by atoms with Crippen LogP contribution < -0.4 is 10.1 Å². The fraction of sp³-hybridized carbons (Fsp3) is 0.192. The quantitative estimate of drug-likeness (QED) is 0.543. The SMILES string of the molecule is O=C(/C=C/c1ccc(Oc2cccnc2)c(F)c1)NC1CCN(C(=O)c2ccccc2F)CC1. The summed E-state index contributed by atoms with van der Waals surface area (Å²) < 4.78 is 33.7. The van der Waals surface area contributed by atoms with Gasteiger partial charge in [0, 0.05) is 31.4 Å². The Morgan fingerprint density at radius 3 is 2.53 bits per heavy atom. The minimum atomic E-state index is -0.557. The van der Waals surface area contributed by atoms with E-state index < -0.39 is 11.6 Å². The number of hydrogen-bond acceptors (Lipinski definition) is 4. The van der Waals surface area contributed by atoms with Gasteiger partial charge in [-0.1, -0.05) is 18.2 Å². The van der Waals surface area contributed by atoms with Gasteiger partial charge in [-0.3, -0.25) is 14.6 Å². The van der Waals surface area contributed by atoms with E-state index in [-0.39, 0.29) is 29.2 Å². The largest absolute Gasteiger partial charge is 0.453 e. The van der Waals surface area contributed by atoms with Crippen molar-refractivity contribution in [2.24, 2.45) is 0 Å². The molecule has 0 unspecified atom stereocenters. The highest BCUT2D eigenvalue weighted by Crippen LogP contribution is 2.25. The number of piperidine rings is 1. The van der Waals surface area contributed by atoms with Crippen molar-refractivity contribution < 1.29 is 23.1 Å². The van der Waals surface area contributed by atoms with Crippen LogP contribution in [-0.2, 0) is 4.79 Å². The number of rotatable bonds is 6. The zero-order valence-electron chi connectivity index (χ0n) is 18.3. The second-order valence-electron chi connectivity index (χ2n) is 7.87. The fourth-order valence-electron chi connectivity index (χ4n) is 3.69. The number of likely N-dealkylation sites (tertiary alicyclic amines) is 1. The number of pyridine rings is 1. The summed E-state index contributed by atoms with van der Waals surface area (Å²) in [5.74, 6) is -1.27. The molecule has 1 saturated heterocycles. The van der Waals surface area contributed by atoms with Gasteiger partial charge in [0.25, 0.3) is 5.91 Å². The standard InChI is InChI=1S/C26H23F2N3O3/c27-22-6-2-1-5-21(22)26(33)31-14-11-19(12-15-31)30-25(32)10-8-18-7-9-24(23(28)16-18)34-20-4-3-13-29-17-20/h1-10,13,16-17,19H,11-12,14-15H2,(H,30,32)/b10-8+. The highest BCUT2D eigenvalue weighted by Gasteiger charge is 2.25. The van der Waals surface area contributed by atoms with Gasteiger partial charge in [-0.2, -0.15) is 0 Å². The zero-order valence-corrected chi connectivity index (χ0v) is 18.3. The van der Waals surface area contributed by atoms with Gasteiger partial charge in [0.2, 0.25) is 5.91 Å². The average molecular weight is 463 g/mol. The maximum atomic E-state index is 14.3. The number of amides is 2. The molecule has 0 atom stereocenters. The van der Waals surface area contributed by atoms with Crippen LogP contribution in [0.3, 0.4) is 0 Å². The van der Waals surface area contributed by atoms with Crippen LogP contribution in [0.1, 0.15) is 28.8 Å². The Labute approximate surface area is 195 Å². The summed E-state index contributed by atoms with van der Waals surface area (Å²) in [6.45, 7) is 0.844. The predicted octanol–water partition coefficient (Wildman–Crippen LogP) is 4.59. The number of carbonyl (C=O) groups excluding carboxylic acids is 2. The van der Waals surface area contributed by atoms with Crippen LogP contribution in [0.2, 0.25) is 0 Å². The van der Waals surface area contributed by atoms with Crippen LogP contribution >= 0.6 is 0 Å². The molecule has 1 aromatic heterocycles. The van der Waals surface area contributed by atoms with Crippen molar-refractivity contribution >= 4 is 17.9 Å². The van der Waals surface area contributed by atoms with Crippen molar-refractivity contribution in [1.29, 1.82) is 0 Å². The van der Waals surface area contributed by atoms with Crippen molar-refractivity contribution in [1.82, 2.24) is 15.2 Å². The average Bonchev–Trinajstić information content (AvgIpc) is 2.85. The molecule has 6 nitrogen and oxygen atoms in total. The highest BCUT2D eigenvalue weighted by molar-refractivity contribution is 5.94. The highest BCUT2D eigenvalue weighted by atomic mass is 19.1.